The summed E-state index contributed by atoms with van der Waals surface area (Å²) in [5.41, 5.74) is 6.02. The molecule has 0 aliphatic carbocycles. The summed E-state index contributed by atoms with van der Waals surface area (Å²) in [6.45, 7) is 0. The van der Waals surface area contributed by atoms with E-state index in [1.165, 1.54) is 18.2 Å². The molecule has 37 heavy (non-hydrogen) atoms. The molecule has 7 nitrogen and oxygen atoms in total. The molecule has 2 aromatic heterocycles. The molecule has 5 rings (SSSR count). The van der Waals surface area contributed by atoms with Gasteiger partial charge in [0.15, 0.2) is 0 Å². The molecule has 2 N–H and O–H groups in total. The molecule has 0 aliphatic rings. The van der Waals surface area contributed by atoms with E-state index < -0.39 is 5.97 Å². The lowest BCUT2D eigenvalue weighted by molar-refractivity contribution is 0.0600. The van der Waals surface area contributed by atoms with Gasteiger partial charge in [0.2, 0.25) is 0 Å². The second kappa shape index (κ2) is 10.7. The van der Waals surface area contributed by atoms with Gasteiger partial charge in [-0.15, -0.1) is 0 Å². The standard InChI is InChI=1S/C30H24N4O3/c1-37-30(36)22-9-13-26-25(18-22)27(15-16-31-26)33-24-12-14-28(32-19-24)29(35)34-23-10-7-21(8-11-23)17-20-5-3-2-4-6-20/h2-16,18-19H,17H2,1H3,(H,31,33)(H,34,35). The van der Waals surface area contributed by atoms with Crippen LogP contribution in [0.2, 0.25) is 0 Å². The predicted octanol–water partition coefficient (Wildman–Crippen LogP) is 6.00. The summed E-state index contributed by atoms with van der Waals surface area (Å²) < 4.78 is 4.82. The van der Waals surface area contributed by atoms with Gasteiger partial charge in [-0.3, -0.25) is 9.78 Å². The Morgan fingerprint density at radius 2 is 1.57 bits per heavy atom. The number of amides is 1. The molecular weight excluding hydrogens is 464 g/mol. The quantitative estimate of drug-likeness (QED) is 0.273. The van der Waals surface area contributed by atoms with Crippen LogP contribution in [0.15, 0.2) is 103 Å². The van der Waals surface area contributed by atoms with Gasteiger partial charge in [0.05, 0.1) is 30.1 Å². The molecule has 3 aromatic carbocycles. The van der Waals surface area contributed by atoms with Crippen molar-refractivity contribution in [3.8, 4) is 0 Å². The van der Waals surface area contributed by atoms with Crippen LogP contribution in [-0.2, 0) is 11.2 Å². The number of fused-ring (bicyclic) bond motifs is 1. The average molecular weight is 489 g/mol. The highest BCUT2D eigenvalue weighted by Gasteiger charge is 2.11. The van der Waals surface area contributed by atoms with Crippen molar-refractivity contribution in [1.82, 2.24) is 9.97 Å². The van der Waals surface area contributed by atoms with Gasteiger partial charge in [-0.1, -0.05) is 42.5 Å². The summed E-state index contributed by atoms with van der Waals surface area (Å²) in [6, 6.07) is 28.5. The van der Waals surface area contributed by atoms with Crippen molar-refractivity contribution in [3.63, 3.8) is 0 Å². The van der Waals surface area contributed by atoms with Gasteiger partial charge >= 0.3 is 5.97 Å². The largest absolute Gasteiger partial charge is 0.465 e. The molecular formula is C30H24N4O3. The van der Waals surface area contributed by atoms with Crippen molar-refractivity contribution in [2.24, 2.45) is 0 Å². The highest BCUT2D eigenvalue weighted by molar-refractivity contribution is 6.03. The minimum atomic E-state index is -0.417. The van der Waals surface area contributed by atoms with Gasteiger partial charge in [0.1, 0.15) is 5.69 Å². The Balaban J connectivity index is 1.25. The second-order valence-corrected chi connectivity index (χ2v) is 8.45. The summed E-state index contributed by atoms with van der Waals surface area (Å²) in [5, 5.41) is 6.94. The molecule has 0 saturated carbocycles. The summed E-state index contributed by atoms with van der Waals surface area (Å²) in [4.78, 5) is 33.3. The van der Waals surface area contributed by atoms with Crippen LogP contribution in [0, 0.1) is 0 Å². The number of hydrogen-bond acceptors (Lipinski definition) is 6. The number of anilines is 3. The van der Waals surface area contributed by atoms with Gasteiger partial charge in [0, 0.05) is 23.0 Å². The number of nitrogens with one attached hydrogen (secondary N) is 2. The van der Waals surface area contributed by atoms with Crippen LogP contribution in [0.25, 0.3) is 10.9 Å². The molecule has 0 spiro atoms. The molecule has 0 atom stereocenters. The summed E-state index contributed by atoms with van der Waals surface area (Å²) in [5.74, 6) is -0.709. The SMILES string of the molecule is COC(=O)c1ccc2nccc(Nc3ccc(C(=O)Nc4ccc(Cc5ccccc5)cc4)nc3)c2c1. The number of benzene rings is 3. The van der Waals surface area contributed by atoms with E-state index in [-0.39, 0.29) is 5.91 Å². The Labute approximate surface area is 214 Å². The number of carbonyl (C=O) groups is 2. The molecule has 0 bridgehead atoms. The van der Waals surface area contributed by atoms with E-state index in [2.05, 4.69) is 32.7 Å². The predicted molar refractivity (Wildman–Crippen MR) is 144 cm³/mol. The first-order chi connectivity index (χ1) is 18.1. The molecule has 0 fully saturated rings. The number of carbonyl (C=O) groups excluding carboxylic acids is 2. The van der Waals surface area contributed by atoms with Crippen molar-refractivity contribution < 1.29 is 14.3 Å². The Morgan fingerprint density at radius 1 is 0.811 bits per heavy atom. The highest BCUT2D eigenvalue weighted by Crippen LogP contribution is 2.26. The fraction of sp³-hybridized carbons (Fsp3) is 0.0667. The Morgan fingerprint density at radius 3 is 2.30 bits per heavy atom. The summed E-state index contributed by atoms with van der Waals surface area (Å²) >= 11 is 0. The fourth-order valence-electron chi connectivity index (χ4n) is 3.99. The minimum Gasteiger partial charge on any atom is -0.465 e. The van der Waals surface area contributed by atoms with Crippen molar-refractivity contribution in [1.29, 1.82) is 0 Å². The van der Waals surface area contributed by atoms with E-state index in [4.69, 9.17) is 4.74 Å². The Kier molecular flexibility index (Phi) is 6.85. The maximum atomic E-state index is 12.7. The van der Waals surface area contributed by atoms with Crippen LogP contribution >= 0.6 is 0 Å². The third-order valence-corrected chi connectivity index (χ3v) is 5.90. The first kappa shape index (κ1) is 23.7. The van der Waals surface area contributed by atoms with Crippen LogP contribution in [0.4, 0.5) is 17.1 Å². The first-order valence-electron chi connectivity index (χ1n) is 11.7. The molecule has 0 radical (unpaired) electrons. The number of methoxy groups -OCH3 is 1. The fourth-order valence-corrected chi connectivity index (χ4v) is 3.99. The number of rotatable bonds is 7. The lowest BCUT2D eigenvalue weighted by atomic mass is 10.0. The van der Waals surface area contributed by atoms with Crippen molar-refractivity contribution in [2.45, 2.75) is 6.42 Å². The maximum absolute atomic E-state index is 12.7. The second-order valence-electron chi connectivity index (χ2n) is 8.45. The zero-order valence-corrected chi connectivity index (χ0v) is 20.1. The van der Waals surface area contributed by atoms with Crippen LogP contribution in [-0.4, -0.2) is 29.0 Å². The monoisotopic (exact) mass is 488 g/mol. The van der Waals surface area contributed by atoms with Crippen molar-refractivity contribution in [3.05, 3.63) is 126 Å². The Bertz CT molecular complexity index is 1550. The van der Waals surface area contributed by atoms with Crippen LogP contribution in [0.3, 0.4) is 0 Å². The van der Waals surface area contributed by atoms with Gasteiger partial charge in [-0.2, -0.15) is 0 Å². The minimum absolute atomic E-state index is 0.292. The molecule has 0 aliphatic heterocycles. The van der Waals surface area contributed by atoms with E-state index in [9.17, 15) is 9.59 Å². The highest BCUT2D eigenvalue weighted by atomic mass is 16.5. The van der Waals surface area contributed by atoms with Crippen LogP contribution in [0.5, 0.6) is 0 Å². The van der Waals surface area contributed by atoms with E-state index in [1.807, 2.05) is 48.5 Å². The number of aromatic nitrogens is 2. The average Bonchev–Trinajstić information content (AvgIpc) is 2.94. The van der Waals surface area contributed by atoms with E-state index >= 15 is 0 Å². The number of hydrogen-bond donors (Lipinski definition) is 2. The summed E-state index contributed by atoms with van der Waals surface area (Å²) in [7, 11) is 1.35. The van der Waals surface area contributed by atoms with Crippen molar-refractivity contribution >= 4 is 39.8 Å². The van der Waals surface area contributed by atoms with Gasteiger partial charge in [-0.25, -0.2) is 9.78 Å². The first-order valence-corrected chi connectivity index (χ1v) is 11.7. The zero-order valence-electron chi connectivity index (χ0n) is 20.1. The third-order valence-electron chi connectivity index (χ3n) is 5.90. The molecule has 0 saturated heterocycles. The molecule has 2 heterocycles. The maximum Gasteiger partial charge on any atom is 0.337 e. The van der Waals surface area contributed by atoms with Gasteiger partial charge in [0.25, 0.3) is 5.91 Å². The zero-order chi connectivity index (χ0) is 25.6. The van der Waals surface area contributed by atoms with Crippen LogP contribution < -0.4 is 10.6 Å². The molecule has 5 aromatic rings. The Hall–Kier alpha value is -5.04. The molecule has 1 amide bonds. The number of nitrogens with zero attached hydrogens (tertiary/aromatic N) is 2. The number of ether oxygens (including phenoxy) is 1. The molecule has 7 heteroatoms. The number of esters is 1. The lowest BCUT2D eigenvalue weighted by Gasteiger charge is -2.11. The normalized spacial score (nSPS) is 10.6. The van der Waals surface area contributed by atoms with Crippen molar-refractivity contribution in [2.75, 3.05) is 17.7 Å². The van der Waals surface area contributed by atoms with Gasteiger partial charge in [-0.05, 0) is 66.1 Å². The smallest absolute Gasteiger partial charge is 0.337 e. The van der Waals surface area contributed by atoms with Gasteiger partial charge < -0.3 is 15.4 Å². The molecule has 182 valence electrons. The van der Waals surface area contributed by atoms with Crippen LogP contribution in [0.1, 0.15) is 32.0 Å². The lowest BCUT2D eigenvalue weighted by Crippen LogP contribution is -2.13. The van der Waals surface area contributed by atoms with E-state index in [1.54, 1.807) is 42.7 Å². The third kappa shape index (κ3) is 5.62. The van der Waals surface area contributed by atoms with E-state index in [0.717, 1.165) is 23.0 Å². The summed E-state index contributed by atoms with van der Waals surface area (Å²) in [6.07, 6.45) is 4.11. The molecule has 0 unspecified atom stereocenters. The number of pyridine rings is 2. The van der Waals surface area contributed by atoms with E-state index in [0.29, 0.717) is 22.6 Å². The topological polar surface area (TPSA) is 93.2 Å².